The molecule has 0 radical (unpaired) electrons. The molecule has 0 aliphatic rings. The van der Waals surface area contributed by atoms with Crippen LogP contribution in [0.5, 0.6) is 0 Å². The number of halogens is 2. The first kappa shape index (κ1) is 19.8. The van der Waals surface area contributed by atoms with Gasteiger partial charge in [0.05, 0.1) is 0 Å². The predicted octanol–water partition coefficient (Wildman–Crippen LogP) is 1.14. The van der Waals surface area contributed by atoms with E-state index in [9.17, 15) is 18.8 Å². The van der Waals surface area contributed by atoms with Crippen molar-refractivity contribution in [2.24, 2.45) is 5.73 Å². The van der Waals surface area contributed by atoms with Crippen LogP contribution in [0.3, 0.4) is 0 Å². The molecule has 2 atom stereocenters. The third-order valence-electron chi connectivity index (χ3n) is 3.16. The van der Waals surface area contributed by atoms with Gasteiger partial charge in [0.1, 0.15) is 17.9 Å². The molecule has 0 spiro atoms. The first-order valence-corrected chi connectivity index (χ1v) is 7.93. The van der Waals surface area contributed by atoms with E-state index in [-0.39, 0.29) is 18.4 Å². The predicted molar refractivity (Wildman–Crippen MR) is 91.5 cm³/mol. The molecule has 6 nitrogen and oxygen atoms in total. The van der Waals surface area contributed by atoms with Crippen LogP contribution in [0.1, 0.15) is 18.9 Å². The highest BCUT2D eigenvalue weighted by molar-refractivity contribution is 9.11. The lowest BCUT2D eigenvalue weighted by Gasteiger charge is -2.21. The molecular formula is C16H19BrFN3O3. The van der Waals surface area contributed by atoms with Crippen molar-refractivity contribution in [1.82, 2.24) is 10.6 Å². The van der Waals surface area contributed by atoms with E-state index in [0.717, 1.165) is 0 Å². The lowest BCUT2D eigenvalue weighted by Crippen LogP contribution is -2.53. The van der Waals surface area contributed by atoms with E-state index in [4.69, 9.17) is 5.73 Å². The molecule has 130 valence electrons. The SMILES string of the molecule is C=C(Br)C[C@@H](NC(=O)[C@@H](Cc1ccccc1F)NC(C)=O)C(N)=O. The van der Waals surface area contributed by atoms with Crippen molar-refractivity contribution < 1.29 is 18.8 Å². The number of hydrogen-bond acceptors (Lipinski definition) is 3. The minimum atomic E-state index is -1.04. The lowest BCUT2D eigenvalue weighted by atomic mass is 10.0. The van der Waals surface area contributed by atoms with Crippen molar-refractivity contribution in [3.05, 3.63) is 46.7 Å². The summed E-state index contributed by atoms with van der Waals surface area (Å²) >= 11 is 3.10. The van der Waals surface area contributed by atoms with Crippen LogP contribution in [0.2, 0.25) is 0 Å². The zero-order valence-corrected chi connectivity index (χ0v) is 14.7. The number of benzene rings is 1. The Morgan fingerprint density at radius 1 is 1.25 bits per heavy atom. The molecular weight excluding hydrogens is 381 g/mol. The van der Waals surface area contributed by atoms with Crippen molar-refractivity contribution in [2.75, 3.05) is 0 Å². The first-order valence-electron chi connectivity index (χ1n) is 7.14. The fraction of sp³-hybridized carbons (Fsp3) is 0.312. The minimum Gasteiger partial charge on any atom is -0.368 e. The van der Waals surface area contributed by atoms with Crippen molar-refractivity contribution in [1.29, 1.82) is 0 Å². The van der Waals surface area contributed by atoms with Gasteiger partial charge in [-0.2, -0.15) is 0 Å². The molecule has 0 unspecified atom stereocenters. The largest absolute Gasteiger partial charge is 0.368 e. The highest BCUT2D eigenvalue weighted by Gasteiger charge is 2.26. The summed E-state index contributed by atoms with van der Waals surface area (Å²) in [7, 11) is 0. The number of nitrogens with two attached hydrogens (primary N) is 1. The molecule has 0 aliphatic heterocycles. The standard InChI is InChI=1S/C16H19BrFN3O3/c1-9(17)7-13(15(19)23)21-16(24)14(20-10(2)22)8-11-5-3-4-6-12(11)18/h3-6,13-14H,1,7-8H2,2H3,(H2,19,23)(H,20,22)(H,21,24)/t13-,14-/m1/s1. The molecule has 0 saturated heterocycles. The van der Waals surface area contributed by atoms with Gasteiger partial charge < -0.3 is 16.4 Å². The van der Waals surface area contributed by atoms with E-state index < -0.39 is 35.6 Å². The van der Waals surface area contributed by atoms with E-state index in [1.165, 1.54) is 25.1 Å². The zero-order chi connectivity index (χ0) is 18.3. The van der Waals surface area contributed by atoms with Gasteiger partial charge >= 0.3 is 0 Å². The number of carbonyl (C=O) groups is 3. The number of primary amides is 1. The molecule has 24 heavy (non-hydrogen) atoms. The van der Waals surface area contributed by atoms with Crippen LogP contribution in [0.15, 0.2) is 35.3 Å². The van der Waals surface area contributed by atoms with E-state index >= 15 is 0 Å². The number of hydrogen-bond donors (Lipinski definition) is 3. The summed E-state index contributed by atoms with van der Waals surface area (Å²) in [4.78, 5) is 35.1. The average molecular weight is 400 g/mol. The molecule has 0 bridgehead atoms. The second kappa shape index (κ2) is 9.17. The van der Waals surface area contributed by atoms with Crippen LogP contribution in [0.4, 0.5) is 4.39 Å². The maximum absolute atomic E-state index is 13.8. The maximum atomic E-state index is 13.8. The van der Waals surface area contributed by atoms with Gasteiger partial charge in [-0.05, 0) is 16.1 Å². The van der Waals surface area contributed by atoms with E-state index in [1.807, 2.05) is 0 Å². The molecule has 1 aromatic rings. The third kappa shape index (κ3) is 6.49. The summed E-state index contributed by atoms with van der Waals surface area (Å²) in [5.41, 5.74) is 5.52. The van der Waals surface area contributed by atoms with Crippen LogP contribution in [-0.2, 0) is 20.8 Å². The van der Waals surface area contributed by atoms with Crippen LogP contribution in [0.25, 0.3) is 0 Å². The zero-order valence-electron chi connectivity index (χ0n) is 13.1. The fourth-order valence-corrected chi connectivity index (χ4v) is 2.38. The highest BCUT2D eigenvalue weighted by Crippen LogP contribution is 2.12. The summed E-state index contributed by atoms with van der Waals surface area (Å²) < 4.78 is 14.3. The Morgan fingerprint density at radius 2 is 1.88 bits per heavy atom. The summed E-state index contributed by atoms with van der Waals surface area (Å²) in [6.07, 6.45) is 0.0480. The highest BCUT2D eigenvalue weighted by atomic mass is 79.9. The van der Waals surface area contributed by atoms with Gasteiger partial charge in [0, 0.05) is 19.8 Å². The van der Waals surface area contributed by atoms with Gasteiger partial charge in [-0.3, -0.25) is 14.4 Å². The van der Waals surface area contributed by atoms with Gasteiger partial charge in [0.15, 0.2) is 0 Å². The van der Waals surface area contributed by atoms with Crippen molar-refractivity contribution in [3.63, 3.8) is 0 Å². The van der Waals surface area contributed by atoms with Crippen LogP contribution in [0, 0.1) is 5.82 Å². The normalized spacial score (nSPS) is 12.8. The van der Waals surface area contributed by atoms with E-state index in [2.05, 4.69) is 33.1 Å². The topological polar surface area (TPSA) is 101 Å². The Morgan fingerprint density at radius 3 is 2.38 bits per heavy atom. The number of amides is 3. The van der Waals surface area contributed by atoms with Gasteiger partial charge in [0.2, 0.25) is 17.7 Å². The second-order valence-corrected chi connectivity index (χ2v) is 6.36. The number of carbonyl (C=O) groups excluding carboxylic acids is 3. The lowest BCUT2D eigenvalue weighted by molar-refractivity contribution is -0.130. The quantitative estimate of drug-likeness (QED) is 0.610. The van der Waals surface area contributed by atoms with E-state index in [0.29, 0.717) is 4.48 Å². The first-order chi connectivity index (χ1) is 11.2. The Balaban J connectivity index is 2.92. The van der Waals surface area contributed by atoms with Gasteiger partial charge in [-0.25, -0.2) is 4.39 Å². The number of rotatable bonds is 8. The maximum Gasteiger partial charge on any atom is 0.243 e. The minimum absolute atomic E-state index is 0.0567. The Kier molecular flexibility index (Phi) is 7.57. The Labute approximate surface area is 147 Å². The van der Waals surface area contributed by atoms with Crippen LogP contribution >= 0.6 is 15.9 Å². The average Bonchev–Trinajstić information content (AvgIpc) is 2.47. The smallest absolute Gasteiger partial charge is 0.243 e. The fourth-order valence-electron chi connectivity index (χ4n) is 2.06. The van der Waals surface area contributed by atoms with Gasteiger partial charge in [-0.1, -0.05) is 40.7 Å². The van der Waals surface area contributed by atoms with Gasteiger partial charge in [0.25, 0.3) is 0 Å². The summed E-state index contributed by atoms with van der Waals surface area (Å²) in [6.45, 7) is 4.84. The molecule has 3 amide bonds. The number of nitrogens with one attached hydrogen (secondary N) is 2. The molecule has 4 N–H and O–H groups in total. The molecule has 0 aliphatic carbocycles. The summed E-state index contributed by atoms with van der Waals surface area (Å²) in [5.74, 6) is -2.31. The van der Waals surface area contributed by atoms with Crippen molar-refractivity contribution in [2.45, 2.75) is 31.8 Å². The molecule has 1 rings (SSSR count). The monoisotopic (exact) mass is 399 g/mol. The van der Waals surface area contributed by atoms with E-state index in [1.54, 1.807) is 6.07 Å². The third-order valence-corrected chi connectivity index (χ3v) is 3.49. The van der Waals surface area contributed by atoms with Crippen molar-refractivity contribution in [3.8, 4) is 0 Å². The molecule has 8 heteroatoms. The molecule has 0 fully saturated rings. The molecule has 1 aromatic carbocycles. The summed E-state index contributed by atoms with van der Waals surface area (Å²) in [5, 5.41) is 4.90. The Bertz CT molecular complexity index is 651. The second-order valence-electron chi connectivity index (χ2n) is 5.23. The van der Waals surface area contributed by atoms with Crippen LogP contribution in [-0.4, -0.2) is 29.8 Å². The van der Waals surface area contributed by atoms with Crippen molar-refractivity contribution >= 4 is 33.7 Å². The van der Waals surface area contributed by atoms with Gasteiger partial charge in [-0.15, -0.1) is 0 Å². The molecule has 0 aromatic heterocycles. The molecule has 0 saturated carbocycles. The molecule has 0 heterocycles. The summed E-state index contributed by atoms with van der Waals surface area (Å²) in [6, 6.07) is 3.91. The van der Waals surface area contributed by atoms with Crippen LogP contribution < -0.4 is 16.4 Å². The Hall–Kier alpha value is -2.22.